The normalized spacial score (nSPS) is 19.4. The molecule has 6 nitrogen and oxygen atoms in total. The zero-order chi connectivity index (χ0) is 17.6. The van der Waals surface area contributed by atoms with Crippen LogP contribution in [0.5, 0.6) is 0 Å². The molecular weight excluding hydrogens is 325 g/mol. The maximum Gasteiger partial charge on any atom is 0.233 e. The van der Waals surface area contributed by atoms with Crippen LogP contribution in [0.15, 0.2) is 30.3 Å². The van der Waals surface area contributed by atoms with Gasteiger partial charge in [-0.05, 0) is 25.0 Å². The Hall–Kier alpha value is -2.25. The molecule has 1 aliphatic carbocycles. The Kier molecular flexibility index (Phi) is 3.85. The van der Waals surface area contributed by atoms with Crippen LogP contribution >= 0.6 is 0 Å². The van der Waals surface area contributed by atoms with Crippen molar-refractivity contribution in [3.8, 4) is 0 Å². The summed E-state index contributed by atoms with van der Waals surface area (Å²) in [5, 5.41) is 23.1. The second kappa shape index (κ2) is 5.93. The topological polar surface area (TPSA) is 78.6 Å². The second-order valence-electron chi connectivity index (χ2n) is 6.77. The lowest BCUT2D eigenvalue weighted by Crippen LogP contribution is -2.44. The molecule has 1 aliphatic heterocycles. The van der Waals surface area contributed by atoms with Crippen molar-refractivity contribution < 1.29 is 19.4 Å². The van der Waals surface area contributed by atoms with Gasteiger partial charge in [0.2, 0.25) is 5.91 Å². The van der Waals surface area contributed by atoms with Crippen LogP contribution in [0, 0.1) is 5.82 Å². The molecule has 132 valence electrons. The predicted octanol–water partition coefficient (Wildman–Crippen LogP) is 1.12. The van der Waals surface area contributed by atoms with Crippen LogP contribution in [0.25, 0.3) is 0 Å². The van der Waals surface area contributed by atoms with E-state index in [9.17, 15) is 14.3 Å². The fourth-order valence-electron chi connectivity index (χ4n) is 3.59. The first-order valence-corrected chi connectivity index (χ1v) is 8.45. The minimum Gasteiger partial charge on any atom is -0.393 e. The molecule has 4 rings (SSSR count). The summed E-state index contributed by atoms with van der Waals surface area (Å²) >= 11 is 0. The van der Waals surface area contributed by atoms with Crippen molar-refractivity contribution >= 4 is 5.91 Å². The number of hydrogen-bond donors (Lipinski definition) is 2. The van der Waals surface area contributed by atoms with Crippen molar-refractivity contribution in [2.24, 2.45) is 0 Å². The van der Waals surface area contributed by atoms with Crippen LogP contribution in [0.4, 0.5) is 4.39 Å². The van der Waals surface area contributed by atoms with Gasteiger partial charge in [-0.1, -0.05) is 18.2 Å². The number of aliphatic hydroxyl groups excluding tert-OH is 2. The number of benzene rings is 1. The second-order valence-corrected chi connectivity index (χ2v) is 6.77. The van der Waals surface area contributed by atoms with Gasteiger partial charge < -0.3 is 15.1 Å². The maximum atomic E-state index is 14.2. The molecule has 2 aromatic rings. The van der Waals surface area contributed by atoms with E-state index in [1.165, 1.54) is 6.07 Å². The lowest BCUT2D eigenvalue weighted by atomic mass is 9.93. The molecular formula is C18H20FN3O3. The summed E-state index contributed by atoms with van der Waals surface area (Å²) < 4.78 is 15.9. The van der Waals surface area contributed by atoms with Crippen LogP contribution in [0.1, 0.15) is 35.9 Å². The Morgan fingerprint density at radius 2 is 2.08 bits per heavy atom. The molecule has 0 unspecified atom stereocenters. The van der Waals surface area contributed by atoms with E-state index in [0.717, 1.165) is 5.69 Å². The Bertz CT molecular complexity index is 816. The minimum atomic E-state index is -1.02. The van der Waals surface area contributed by atoms with Crippen LogP contribution in [0.2, 0.25) is 0 Å². The largest absolute Gasteiger partial charge is 0.393 e. The molecule has 2 heterocycles. The Morgan fingerprint density at radius 3 is 2.76 bits per heavy atom. The summed E-state index contributed by atoms with van der Waals surface area (Å²) in [5.74, 6) is -0.377. The number of aliphatic hydroxyl groups is 2. The van der Waals surface area contributed by atoms with Crippen molar-refractivity contribution in [3.05, 3.63) is 53.1 Å². The number of carbonyl (C=O) groups excluding carboxylic acids is 1. The molecule has 0 radical (unpaired) electrons. The van der Waals surface area contributed by atoms with Gasteiger partial charge in [-0.15, -0.1) is 0 Å². The van der Waals surface area contributed by atoms with Gasteiger partial charge >= 0.3 is 0 Å². The number of carbonyl (C=O) groups is 1. The predicted molar refractivity (Wildman–Crippen MR) is 87.0 cm³/mol. The summed E-state index contributed by atoms with van der Waals surface area (Å²) in [6, 6.07) is 8.20. The van der Waals surface area contributed by atoms with Crippen LogP contribution in [-0.4, -0.2) is 44.0 Å². The van der Waals surface area contributed by atoms with E-state index in [4.69, 9.17) is 5.11 Å². The van der Waals surface area contributed by atoms with E-state index < -0.39 is 18.1 Å². The first-order chi connectivity index (χ1) is 12.0. The van der Waals surface area contributed by atoms with Crippen LogP contribution < -0.4 is 0 Å². The molecule has 1 saturated carbocycles. The third-order valence-corrected chi connectivity index (χ3v) is 5.17. The molecule has 1 fully saturated rings. The first-order valence-electron chi connectivity index (χ1n) is 8.45. The smallest absolute Gasteiger partial charge is 0.233 e. The number of aromatic nitrogens is 2. The monoisotopic (exact) mass is 345 g/mol. The third kappa shape index (κ3) is 2.63. The minimum absolute atomic E-state index is 0.0469. The standard InChI is InChI=1S/C18H20FN3O3/c19-14-4-2-1-3-13(14)18(5-6-18)17(25)21-7-8-22-12(10-21)9-15(20-22)16(24)11-23/h1-4,9,16,23-24H,5-8,10-11H2/t16-/m1/s1. The van der Waals surface area contributed by atoms with E-state index in [0.29, 0.717) is 43.7 Å². The number of rotatable bonds is 4. The van der Waals surface area contributed by atoms with Gasteiger partial charge in [0.25, 0.3) is 0 Å². The molecule has 0 spiro atoms. The third-order valence-electron chi connectivity index (χ3n) is 5.17. The number of nitrogens with zero attached hydrogens (tertiary/aromatic N) is 3. The molecule has 0 saturated heterocycles. The number of fused-ring (bicyclic) bond motifs is 1. The highest BCUT2D eigenvalue weighted by atomic mass is 19.1. The number of amides is 1. The van der Waals surface area contributed by atoms with Gasteiger partial charge in [0, 0.05) is 12.1 Å². The summed E-state index contributed by atoms with van der Waals surface area (Å²) in [5.41, 5.74) is 0.963. The molecule has 1 aromatic carbocycles. The van der Waals surface area contributed by atoms with E-state index in [-0.39, 0.29) is 11.7 Å². The van der Waals surface area contributed by atoms with Crippen molar-refractivity contribution in [3.63, 3.8) is 0 Å². The highest BCUT2D eigenvalue weighted by Gasteiger charge is 2.54. The summed E-state index contributed by atoms with van der Waals surface area (Å²) in [7, 11) is 0. The summed E-state index contributed by atoms with van der Waals surface area (Å²) in [6.45, 7) is 1.00. The van der Waals surface area contributed by atoms with E-state index in [2.05, 4.69) is 5.10 Å². The quantitative estimate of drug-likeness (QED) is 0.870. The maximum absolute atomic E-state index is 14.2. The fraction of sp³-hybridized carbons (Fsp3) is 0.444. The van der Waals surface area contributed by atoms with Crippen molar-refractivity contribution in [1.29, 1.82) is 0 Å². The number of hydrogen-bond acceptors (Lipinski definition) is 4. The zero-order valence-electron chi connectivity index (χ0n) is 13.7. The van der Waals surface area contributed by atoms with Gasteiger partial charge in [-0.25, -0.2) is 4.39 Å². The van der Waals surface area contributed by atoms with Crippen LogP contribution in [-0.2, 0) is 23.3 Å². The molecule has 0 bridgehead atoms. The lowest BCUT2D eigenvalue weighted by Gasteiger charge is -2.31. The van der Waals surface area contributed by atoms with Crippen LogP contribution in [0.3, 0.4) is 0 Å². The molecule has 25 heavy (non-hydrogen) atoms. The summed E-state index contributed by atoms with van der Waals surface area (Å²) in [6.07, 6.45) is 0.309. The molecule has 7 heteroatoms. The Morgan fingerprint density at radius 1 is 1.32 bits per heavy atom. The Balaban J connectivity index is 1.57. The molecule has 1 amide bonds. The average Bonchev–Trinajstić information content (AvgIpc) is 3.32. The number of halogens is 1. The van der Waals surface area contributed by atoms with Gasteiger partial charge in [0.1, 0.15) is 11.9 Å². The van der Waals surface area contributed by atoms with Crippen molar-refractivity contribution in [2.75, 3.05) is 13.2 Å². The van der Waals surface area contributed by atoms with Crippen molar-refractivity contribution in [2.45, 2.75) is 37.5 Å². The molecule has 1 aromatic heterocycles. The fourth-order valence-corrected chi connectivity index (χ4v) is 3.59. The van der Waals surface area contributed by atoms with Gasteiger partial charge in [0.05, 0.1) is 36.5 Å². The van der Waals surface area contributed by atoms with E-state index >= 15 is 0 Å². The average molecular weight is 345 g/mol. The lowest BCUT2D eigenvalue weighted by molar-refractivity contribution is -0.135. The molecule has 1 atom stereocenters. The van der Waals surface area contributed by atoms with Gasteiger partial charge in [-0.3, -0.25) is 9.48 Å². The van der Waals surface area contributed by atoms with Crippen molar-refractivity contribution in [1.82, 2.24) is 14.7 Å². The highest BCUT2D eigenvalue weighted by Crippen LogP contribution is 2.50. The highest BCUT2D eigenvalue weighted by molar-refractivity contribution is 5.91. The first kappa shape index (κ1) is 16.2. The van der Waals surface area contributed by atoms with Gasteiger partial charge in [-0.2, -0.15) is 5.10 Å². The van der Waals surface area contributed by atoms with E-state index in [1.54, 1.807) is 33.8 Å². The SMILES string of the molecule is O=C(N1CCn2nc([C@H](O)CO)cc2C1)C1(c2ccccc2F)CC1. The van der Waals surface area contributed by atoms with E-state index in [1.807, 2.05) is 0 Å². The molecule has 2 N–H and O–H groups in total. The summed E-state index contributed by atoms with van der Waals surface area (Å²) in [4.78, 5) is 14.8. The Labute approximate surface area is 144 Å². The molecule has 2 aliphatic rings. The zero-order valence-corrected chi connectivity index (χ0v) is 13.7. The van der Waals surface area contributed by atoms with Gasteiger partial charge in [0.15, 0.2) is 0 Å².